The smallest absolute Gasteiger partial charge is 0.163 e. The molecule has 7 heteroatoms. The molecule has 21 heavy (non-hydrogen) atoms. The number of ether oxygens (including phenoxy) is 2. The molecule has 2 unspecified atom stereocenters. The molecule has 2 aromatic rings. The lowest BCUT2D eigenvalue weighted by molar-refractivity contribution is -0.144. The van der Waals surface area contributed by atoms with Crippen molar-refractivity contribution in [3.8, 4) is 0 Å². The zero-order chi connectivity index (χ0) is 14.4. The molecule has 0 aliphatic carbocycles. The van der Waals surface area contributed by atoms with Gasteiger partial charge in [0.25, 0.3) is 0 Å². The van der Waals surface area contributed by atoms with Crippen LogP contribution in [0, 0.1) is 5.82 Å². The summed E-state index contributed by atoms with van der Waals surface area (Å²) in [5.41, 5.74) is 1.95. The van der Waals surface area contributed by atoms with Crippen molar-refractivity contribution in [1.82, 2.24) is 9.97 Å². The zero-order valence-electron chi connectivity index (χ0n) is 11.4. The van der Waals surface area contributed by atoms with Crippen molar-refractivity contribution in [3.05, 3.63) is 17.9 Å². The highest BCUT2D eigenvalue weighted by atomic mass is 32.1. The minimum Gasteiger partial charge on any atom is -0.373 e. The van der Waals surface area contributed by atoms with E-state index in [1.807, 2.05) is 4.90 Å². The Kier molecular flexibility index (Phi) is 3.28. The number of anilines is 1. The van der Waals surface area contributed by atoms with Gasteiger partial charge in [0.15, 0.2) is 5.16 Å². The van der Waals surface area contributed by atoms with E-state index in [0.29, 0.717) is 36.1 Å². The normalized spacial score (nSPS) is 26.1. The van der Waals surface area contributed by atoms with E-state index < -0.39 is 0 Å². The zero-order valence-corrected chi connectivity index (χ0v) is 12.3. The van der Waals surface area contributed by atoms with E-state index in [0.717, 1.165) is 18.5 Å². The first-order chi connectivity index (χ1) is 10.2. The summed E-state index contributed by atoms with van der Waals surface area (Å²) in [5, 5.41) is 0.490. The number of piperidine rings is 1. The molecule has 1 N–H and O–H groups in total. The van der Waals surface area contributed by atoms with Crippen molar-refractivity contribution in [1.29, 1.82) is 0 Å². The summed E-state index contributed by atoms with van der Waals surface area (Å²) < 4.78 is 25.8. The first-order valence-electron chi connectivity index (χ1n) is 7.07. The third-order valence-electron chi connectivity index (χ3n) is 4.12. The monoisotopic (exact) mass is 309 g/mol. The molecule has 1 aromatic carbocycles. The van der Waals surface area contributed by atoms with Gasteiger partial charge >= 0.3 is 0 Å². The number of benzene rings is 1. The molecule has 2 aliphatic heterocycles. The maximum Gasteiger partial charge on any atom is 0.163 e. The van der Waals surface area contributed by atoms with Crippen molar-refractivity contribution in [2.24, 2.45) is 0 Å². The third-order valence-corrected chi connectivity index (χ3v) is 4.34. The van der Waals surface area contributed by atoms with Crippen LogP contribution in [0.25, 0.3) is 11.0 Å². The van der Waals surface area contributed by atoms with Gasteiger partial charge in [-0.25, -0.2) is 9.37 Å². The molecule has 0 spiro atoms. The number of halogens is 1. The molecule has 0 amide bonds. The standard InChI is InChI=1S/C14H16FN3O2S/c15-8-5-9-10(17-14(21)16-9)6-11(8)18-2-1-12-13(7-18)20-4-3-19-12/h5-6,12-13H,1-4,7H2,(H2,16,17,21). The van der Waals surface area contributed by atoms with Crippen LogP contribution in [0.4, 0.5) is 10.1 Å². The molecule has 112 valence electrons. The highest BCUT2D eigenvalue weighted by Gasteiger charge is 2.34. The van der Waals surface area contributed by atoms with E-state index in [1.54, 1.807) is 6.07 Å². The molecular formula is C14H16FN3O2S. The highest BCUT2D eigenvalue weighted by molar-refractivity contribution is 7.80. The Morgan fingerprint density at radius 3 is 2.95 bits per heavy atom. The average Bonchev–Trinajstić information content (AvgIpc) is 2.85. The second kappa shape index (κ2) is 5.15. The number of nitrogens with one attached hydrogen (secondary N) is 1. The Morgan fingerprint density at radius 2 is 2.10 bits per heavy atom. The van der Waals surface area contributed by atoms with Crippen molar-refractivity contribution in [2.45, 2.75) is 23.8 Å². The summed E-state index contributed by atoms with van der Waals surface area (Å²) >= 11 is 4.16. The van der Waals surface area contributed by atoms with E-state index in [2.05, 4.69) is 22.6 Å². The van der Waals surface area contributed by atoms with Gasteiger partial charge in [0, 0.05) is 19.2 Å². The summed E-state index contributed by atoms with van der Waals surface area (Å²) in [6.07, 6.45) is 0.999. The predicted molar refractivity (Wildman–Crippen MR) is 79.6 cm³/mol. The first-order valence-corrected chi connectivity index (χ1v) is 7.52. The molecule has 5 nitrogen and oxygen atoms in total. The Labute approximate surface area is 126 Å². The summed E-state index contributed by atoms with van der Waals surface area (Å²) in [6.45, 7) is 2.66. The van der Waals surface area contributed by atoms with Gasteiger partial charge in [-0.15, -0.1) is 12.6 Å². The van der Waals surface area contributed by atoms with E-state index in [9.17, 15) is 4.39 Å². The predicted octanol–water partition coefficient (Wildman–Crippen LogP) is 1.98. The quantitative estimate of drug-likeness (QED) is 0.791. The summed E-state index contributed by atoms with van der Waals surface area (Å²) in [5.74, 6) is -0.255. The van der Waals surface area contributed by atoms with Crippen molar-refractivity contribution < 1.29 is 13.9 Å². The van der Waals surface area contributed by atoms with Gasteiger partial charge < -0.3 is 19.4 Å². The maximum absolute atomic E-state index is 14.4. The lowest BCUT2D eigenvalue weighted by Gasteiger charge is -2.41. The number of hydrogen-bond acceptors (Lipinski definition) is 5. The fourth-order valence-corrected chi connectivity index (χ4v) is 3.34. The van der Waals surface area contributed by atoms with Crippen LogP contribution in [-0.2, 0) is 9.47 Å². The van der Waals surface area contributed by atoms with Gasteiger partial charge in [-0.05, 0) is 12.5 Å². The van der Waals surface area contributed by atoms with Crippen LogP contribution in [0.2, 0.25) is 0 Å². The Morgan fingerprint density at radius 1 is 1.29 bits per heavy atom. The number of aromatic nitrogens is 2. The highest BCUT2D eigenvalue weighted by Crippen LogP contribution is 2.30. The summed E-state index contributed by atoms with van der Waals surface area (Å²) in [4.78, 5) is 9.19. The van der Waals surface area contributed by atoms with Gasteiger partial charge in [0.2, 0.25) is 0 Å². The Bertz CT molecular complexity index is 678. The maximum atomic E-state index is 14.4. The van der Waals surface area contributed by atoms with Crippen molar-refractivity contribution in [2.75, 3.05) is 31.2 Å². The molecule has 2 aliphatic rings. The van der Waals surface area contributed by atoms with Crippen LogP contribution in [0.15, 0.2) is 17.3 Å². The molecule has 2 saturated heterocycles. The number of thiol groups is 1. The minimum atomic E-state index is -0.255. The van der Waals surface area contributed by atoms with Crippen LogP contribution in [0.1, 0.15) is 6.42 Å². The van der Waals surface area contributed by atoms with E-state index in [1.165, 1.54) is 6.07 Å². The molecule has 4 rings (SSSR count). The van der Waals surface area contributed by atoms with Gasteiger partial charge in [-0.1, -0.05) is 0 Å². The van der Waals surface area contributed by atoms with Gasteiger partial charge in [0.05, 0.1) is 36.0 Å². The Hall–Kier alpha value is -1.31. The lowest BCUT2D eigenvalue weighted by Crippen LogP contribution is -2.52. The molecule has 0 radical (unpaired) electrons. The second-order valence-corrected chi connectivity index (χ2v) is 5.86. The molecule has 0 bridgehead atoms. The van der Waals surface area contributed by atoms with Crippen LogP contribution in [0.5, 0.6) is 0 Å². The molecule has 3 heterocycles. The Balaban J connectivity index is 1.64. The van der Waals surface area contributed by atoms with Crippen LogP contribution < -0.4 is 4.90 Å². The van der Waals surface area contributed by atoms with Crippen molar-refractivity contribution >= 4 is 29.3 Å². The van der Waals surface area contributed by atoms with Crippen LogP contribution >= 0.6 is 12.6 Å². The fourth-order valence-electron chi connectivity index (χ4n) is 3.11. The summed E-state index contributed by atoms with van der Waals surface area (Å²) in [7, 11) is 0. The van der Waals surface area contributed by atoms with E-state index in [4.69, 9.17) is 9.47 Å². The largest absolute Gasteiger partial charge is 0.373 e. The summed E-state index contributed by atoms with van der Waals surface area (Å²) in [6, 6.07) is 3.24. The van der Waals surface area contributed by atoms with Crippen LogP contribution in [-0.4, -0.2) is 48.5 Å². The van der Waals surface area contributed by atoms with Gasteiger partial charge in [0.1, 0.15) is 11.9 Å². The molecule has 0 saturated carbocycles. The fraction of sp³-hybridized carbons (Fsp3) is 0.500. The second-order valence-electron chi connectivity index (χ2n) is 5.43. The molecule has 2 fully saturated rings. The van der Waals surface area contributed by atoms with E-state index >= 15 is 0 Å². The van der Waals surface area contributed by atoms with Crippen molar-refractivity contribution in [3.63, 3.8) is 0 Å². The number of hydrogen-bond donors (Lipinski definition) is 2. The number of nitrogens with zero attached hydrogens (tertiary/aromatic N) is 2. The molecule has 2 atom stereocenters. The number of H-pyrrole nitrogens is 1. The number of rotatable bonds is 1. The van der Waals surface area contributed by atoms with Gasteiger partial charge in [-0.2, -0.15) is 0 Å². The lowest BCUT2D eigenvalue weighted by atomic mass is 10.0. The van der Waals surface area contributed by atoms with Gasteiger partial charge in [-0.3, -0.25) is 0 Å². The third kappa shape index (κ3) is 2.39. The first kappa shape index (κ1) is 13.4. The molecular weight excluding hydrogens is 293 g/mol. The average molecular weight is 309 g/mol. The number of aromatic amines is 1. The topological polar surface area (TPSA) is 50.4 Å². The van der Waals surface area contributed by atoms with E-state index in [-0.39, 0.29) is 18.0 Å². The number of imidazole rings is 1. The number of fused-ring (bicyclic) bond motifs is 2. The van der Waals surface area contributed by atoms with Crippen LogP contribution in [0.3, 0.4) is 0 Å². The SMILES string of the molecule is Fc1cc2[nH]c(S)nc2cc1N1CCC2OCCOC2C1. The minimum absolute atomic E-state index is 0.0159. The molecule has 1 aromatic heterocycles.